The van der Waals surface area contributed by atoms with Gasteiger partial charge < -0.3 is 11.1 Å². The predicted molar refractivity (Wildman–Crippen MR) is 75.5 cm³/mol. The predicted octanol–water partition coefficient (Wildman–Crippen LogP) is 3.04. The highest BCUT2D eigenvalue weighted by Crippen LogP contribution is 2.16. The van der Waals surface area contributed by atoms with Gasteiger partial charge in [-0.1, -0.05) is 30.2 Å². The Balaban J connectivity index is 2.33. The van der Waals surface area contributed by atoms with Gasteiger partial charge >= 0.3 is 0 Å². The molecule has 1 rings (SSSR count). The van der Waals surface area contributed by atoms with E-state index in [1.165, 1.54) is 0 Å². The molecular weight excluding hydrogens is 248 g/mol. The Morgan fingerprint density at radius 3 is 2.56 bits per heavy atom. The van der Waals surface area contributed by atoms with Crippen LogP contribution in [0, 0.1) is 0 Å². The van der Waals surface area contributed by atoms with E-state index in [1.54, 1.807) is 0 Å². The van der Waals surface area contributed by atoms with Crippen LogP contribution >= 0.6 is 11.6 Å². The van der Waals surface area contributed by atoms with Crippen molar-refractivity contribution in [3.8, 4) is 0 Å². The molecule has 0 aromatic heterocycles. The van der Waals surface area contributed by atoms with Gasteiger partial charge in [0.2, 0.25) is 5.91 Å². The fourth-order valence-electron chi connectivity index (χ4n) is 1.76. The summed E-state index contributed by atoms with van der Waals surface area (Å²) in [6.07, 6.45) is 3.47. The van der Waals surface area contributed by atoms with E-state index in [0.29, 0.717) is 18.0 Å². The molecule has 1 aromatic rings. The Kier molecular flexibility index (Phi) is 6.76. The van der Waals surface area contributed by atoms with E-state index in [1.807, 2.05) is 31.2 Å². The Bertz CT molecular complexity index is 365. The van der Waals surface area contributed by atoms with Gasteiger partial charge in [-0.3, -0.25) is 4.79 Å². The Morgan fingerprint density at radius 1 is 1.28 bits per heavy atom. The molecule has 4 heteroatoms. The van der Waals surface area contributed by atoms with Crippen molar-refractivity contribution in [2.75, 3.05) is 6.54 Å². The van der Waals surface area contributed by atoms with Crippen LogP contribution in [0.1, 0.15) is 44.2 Å². The summed E-state index contributed by atoms with van der Waals surface area (Å²) in [6.45, 7) is 2.67. The van der Waals surface area contributed by atoms with Crippen LogP contribution in [0.2, 0.25) is 5.02 Å². The minimum Gasteiger partial charge on any atom is -0.350 e. The monoisotopic (exact) mass is 268 g/mol. The van der Waals surface area contributed by atoms with Crippen LogP contribution in [0.5, 0.6) is 0 Å². The van der Waals surface area contributed by atoms with E-state index in [2.05, 4.69) is 5.32 Å². The van der Waals surface area contributed by atoms with Crippen LogP contribution in [-0.2, 0) is 4.79 Å². The maximum Gasteiger partial charge on any atom is 0.220 e. The van der Waals surface area contributed by atoms with Crippen LogP contribution in [0.4, 0.5) is 0 Å². The first-order valence-electron chi connectivity index (χ1n) is 6.38. The lowest BCUT2D eigenvalue weighted by atomic mass is 10.1. The zero-order valence-corrected chi connectivity index (χ0v) is 11.5. The van der Waals surface area contributed by atoms with Crippen LogP contribution in [-0.4, -0.2) is 12.5 Å². The quantitative estimate of drug-likeness (QED) is 0.747. The molecule has 3 N–H and O–H groups in total. The molecule has 0 bridgehead atoms. The van der Waals surface area contributed by atoms with Crippen LogP contribution in [0.3, 0.4) is 0 Å². The number of unbranched alkanes of at least 4 members (excludes halogenated alkanes) is 2. The number of carbonyl (C=O) groups is 1. The number of amides is 1. The van der Waals surface area contributed by atoms with Gasteiger partial charge in [0.15, 0.2) is 0 Å². The second-order valence-electron chi connectivity index (χ2n) is 4.44. The lowest BCUT2D eigenvalue weighted by molar-refractivity contribution is -0.121. The van der Waals surface area contributed by atoms with Gasteiger partial charge in [0, 0.05) is 11.4 Å². The summed E-state index contributed by atoms with van der Waals surface area (Å²) in [4.78, 5) is 11.7. The van der Waals surface area contributed by atoms with E-state index in [4.69, 9.17) is 17.3 Å². The van der Waals surface area contributed by atoms with E-state index in [0.717, 1.165) is 24.8 Å². The van der Waals surface area contributed by atoms with Crippen LogP contribution < -0.4 is 11.1 Å². The average molecular weight is 269 g/mol. The largest absolute Gasteiger partial charge is 0.350 e. The second-order valence-corrected chi connectivity index (χ2v) is 4.88. The number of carbonyl (C=O) groups excluding carboxylic acids is 1. The SMILES string of the molecule is C[C@@H](NC(=O)CCCCCN)c1ccc(Cl)cc1. The van der Waals surface area contributed by atoms with E-state index >= 15 is 0 Å². The van der Waals surface area contributed by atoms with Crippen molar-refractivity contribution < 1.29 is 4.79 Å². The van der Waals surface area contributed by atoms with Crippen molar-refractivity contribution in [2.45, 2.75) is 38.6 Å². The van der Waals surface area contributed by atoms with Gasteiger partial charge in [0.05, 0.1) is 6.04 Å². The number of rotatable bonds is 7. The molecule has 3 nitrogen and oxygen atoms in total. The summed E-state index contributed by atoms with van der Waals surface area (Å²) in [5, 5.41) is 3.69. The van der Waals surface area contributed by atoms with Crippen molar-refractivity contribution in [1.29, 1.82) is 0 Å². The molecule has 0 saturated heterocycles. The molecular formula is C14H21ClN2O. The second kappa shape index (κ2) is 8.11. The van der Waals surface area contributed by atoms with Crippen LogP contribution in [0.15, 0.2) is 24.3 Å². The molecule has 0 aliphatic carbocycles. The lowest BCUT2D eigenvalue weighted by Gasteiger charge is -2.14. The molecule has 1 aromatic carbocycles. The number of nitrogens with two attached hydrogens (primary N) is 1. The Labute approximate surface area is 114 Å². The van der Waals surface area contributed by atoms with Gasteiger partial charge in [0.1, 0.15) is 0 Å². The Hall–Kier alpha value is -1.06. The summed E-state index contributed by atoms with van der Waals surface area (Å²) in [7, 11) is 0. The first-order chi connectivity index (χ1) is 8.63. The fraction of sp³-hybridized carbons (Fsp3) is 0.500. The smallest absolute Gasteiger partial charge is 0.220 e. The minimum atomic E-state index is 0.0178. The first-order valence-corrected chi connectivity index (χ1v) is 6.76. The van der Waals surface area contributed by atoms with E-state index in [-0.39, 0.29) is 11.9 Å². The fourth-order valence-corrected chi connectivity index (χ4v) is 1.88. The highest BCUT2D eigenvalue weighted by molar-refractivity contribution is 6.30. The molecule has 0 fully saturated rings. The standard InChI is InChI=1S/C14H21ClN2O/c1-11(12-6-8-13(15)9-7-12)17-14(18)5-3-2-4-10-16/h6-9,11H,2-5,10,16H2,1H3,(H,17,18)/t11-/m1/s1. The number of hydrogen-bond donors (Lipinski definition) is 2. The van der Waals surface area contributed by atoms with Gasteiger partial charge in [0.25, 0.3) is 0 Å². The summed E-state index contributed by atoms with van der Waals surface area (Å²) >= 11 is 5.82. The number of benzene rings is 1. The van der Waals surface area contributed by atoms with Gasteiger partial charge in [-0.25, -0.2) is 0 Å². The molecule has 0 aliphatic heterocycles. The number of halogens is 1. The van der Waals surface area contributed by atoms with Crippen molar-refractivity contribution >= 4 is 17.5 Å². The lowest BCUT2D eigenvalue weighted by Crippen LogP contribution is -2.26. The van der Waals surface area contributed by atoms with E-state index in [9.17, 15) is 4.79 Å². The normalized spacial score (nSPS) is 12.2. The molecule has 1 atom stereocenters. The van der Waals surface area contributed by atoms with Crippen molar-refractivity contribution in [1.82, 2.24) is 5.32 Å². The molecule has 0 radical (unpaired) electrons. The average Bonchev–Trinajstić information content (AvgIpc) is 2.35. The van der Waals surface area contributed by atoms with Crippen molar-refractivity contribution in [2.24, 2.45) is 5.73 Å². The Morgan fingerprint density at radius 2 is 1.94 bits per heavy atom. The topological polar surface area (TPSA) is 55.1 Å². The maximum absolute atomic E-state index is 11.7. The summed E-state index contributed by atoms with van der Waals surface area (Å²) < 4.78 is 0. The maximum atomic E-state index is 11.7. The highest BCUT2D eigenvalue weighted by atomic mass is 35.5. The van der Waals surface area contributed by atoms with Crippen LogP contribution in [0.25, 0.3) is 0 Å². The van der Waals surface area contributed by atoms with Gasteiger partial charge in [-0.15, -0.1) is 0 Å². The molecule has 0 saturated carbocycles. The summed E-state index contributed by atoms with van der Waals surface area (Å²) in [6, 6.07) is 7.55. The van der Waals surface area contributed by atoms with Crippen molar-refractivity contribution in [3.05, 3.63) is 34.9 Å². The molecule has 0 unspecified atom stereocenters. The number of nitrogens with one attached hydrogen (secondary N) is 1. The van der Waals surface area contributed by atoms with Gasteiger partial charge in [-0.2, -0.15) is 0 Å². The third-order valence-corrected chi connectivity index (χ3v) is 3.11. The zero-order valence-electron chi connectivity index (χ0n) is 10.8. The molecule has 0 aliphatic rings. The third kappa shape index (κ3) is 5.52. The molecule has 100 valence electrons. The minimum absolute atomic E-state index is 0.0178. The molecule has 0 heterocycles. The summed E-state index contributed by atoms with van der Waals surface area (Å²) in [5.74, 6) is 0.0921. The number of hydrogen-bond acceptors (Lipinski definition) is 2. The van der Waals surface area contributed by atoms with E-state index < -0.39 is 0 Å². The first kappa shape index (κ1) is 15.0. The summed E-state index contributed by atoms with van der Waals surface area (Å²) in [5.41, 5.74) is 6.47. The van der Waals surface area contributed by atoms with Crippen molar-refractivity contribution in [3.63, 3.8) is 0 Å². The molecule has 0 spiro atoms. The van der Waals surface area contributed by atoms with Gasteiger partial charge in [-0.05, 0) is 44.0 Å². The highest BCUT2D eigenvalue weighted by Gasteiger charge is 2.08. The molecule has 1 amide bonds. The zero-order chi connectivity index (χ0) is 13.4. The third-order valence-electron chi connectivity index (χ3n) is 2.86. The molecule has 18 heavy (non-hydrogen) atoms.